The van der Waals surface area contributed by atoms with Crippen molar-refractivity contribution < 1.29 is 26.7 Å². The van der Waals surface area contributed by atoms with Crippen LogP contribution in [0.25, 0.3) is 5.57 Å². The van der Waals surface area contributed by atoms with Crippen LogP contribution in [0.15, 0.2) is 36.6 Å². The molecule has 9 nitrogen and oxygen atoms in total. The van der Waals surface area contributed by atoms with E-state index in [-0.39, 0.29) is 23.9 Å². The molecule has 36 heavy (non-hydrogen) atoms. The van der Waals surface area contributed by atoms with Gasteiger partial charge in [-0.1, -0.05) is 6.92 Å². The van der Waals surface area contributed by atoms with Crippen molar-refractivity contribution in [3.8, 4) is 0 Å². The lowest BCUT2D eigenvalue weighted by atomic mass is 9.87. The van der Waals surface area contributed by atoms with E-state index < -0.39 is 54.2 Å². The Morgan fingerprint density at radius 3 is 2.36 bits per heavy atom. The summed E-state index contributed by atoms with van der Waals surface area (Å²) in [4.78, 5) is 29.7. The molecule has 1 unspecified atom stereocenters. The van der Waals surface area contributed by atoms with Crippen molar-refractivity contribution in [2.24, 2.45) is 5.92 Å². The van der Waals surface area contributed by atoms with Crippen LogP contribution < -0.4 is 10.6 Å². The number of anilines is 1. The number of allylic oxidation sites excluding steroid dienone is 1. The van der Waals surface area contributed by atoms with Gasteiger partial charge in [0.05, 0.1) is 23.7 Å². The minimum atomic E-state index is -4.61. The number of rotatable bonds is 7. The van der Waals surface area contributed by atoms with E-state index in [1.54, 1.807) is 20.0 Å². The predicted octanol–water partition coefficient (Wildman–Crippen LogP) is 3.24. The van der Waals surface area contributed by atoms with Gasteiger partial charge < -0.3 is 15.5 Å². The number of nitrogens with zero attached hydrogens (tertiary/aromatic N) is 5. The molecule has 3 rings (SSSR count). The van der Waals surface area contributed by atoms with E-state index in [1.807, 2.05) is 0 Å². The summed E-state index contributed by atoms with van der Waals surface area (Å²) in [5.41, 5.74) is -1.16. The molecule has 2 atom stereocenters. The van der Waals surface area contributed by atoms with E-state index in [0.29, 0.717) is 18.1 Å². The second-order valence-electron chi connectivity index (χ2n) is 8.41. The van der Waals surface area contributed by atoms with Gasteiger partial charge in [0.25, 0.3) is 11.8 Å². The molecular formula is C22H25F5N8O. The lowest BCUT2D eigenvalue weighted by molar-refractivity contribution is -0.145. The highest BCUT2D eigenvalue weighted by Crippen LogP contribution is 2.35. The Labute approximate surface area is 203 Å². The first-order chi connectivity index (χ1) is 16.8. The molecule has 0 spiro atoms. The number of carbonyl (C=O) groups excluding carboxylic acids is 1. The topological polar surface area (TPSA) is 120 Å². The molecule has 0 aromatic carbocycles. The number of aromatic nitrogens is 4. The second-order valence-corrected chi connectivity index (χ2v) is 8.41. The van der Waals surface area contributed by atoms with Crippen LogP contribution in [0.2, 0.25) is 0 Å². The summed E-state index contributed by atoms with van der Waals surface area (Å²) in [5.74, 6) is -4.94. The molecule has 1 saturated heterocycles. The van der Waals surface area contributed by atoms with Gasteiger partial charge in [0, 0.05) is 50.5 Å². The number of hydrogen-bond donors (Lipinski definition) is 3. The Morgan fingerprint density at radius 2 is 1.81 bits per heavy atom. The standard InChI is InChI=1S/C22H25F5N8O/c1-12-7-21(23,24)11-35(15(12)10-34-20-32-8-14(9-33-20)22(25,26)27)19(36)17(28)16(13(2)29-3)18-30-5-4-6-31-18/h4-6,8-9,12,15,28-29H,7,10-11H2,1-3H3,(H,32,33,34)/b16-13+,28-17?/t12-,15?/m1/s1. The van der Waals surface area contributed by atoms with E-state index in [1.165, 1.54) is 19.3 Å². The van der Waals surface area contributed by atoms with Crippen molar-refractivity contribution in [1.29, 1.82) is 5.41 Å². The molecule has 0 saturated carbocycles. The number of halogens is 5. The molecule has 1 aliphatic rings. The fourth-order valence-corrected chi connectivity index (χ4v) is 3.91. The molecule has 0 radical (unpaired) electrons. The molecule has 0 bridgehead atoms. The summed E-state index contributed by atoms with van der Waals surface area (Å²) >= 11 is 0. The molecule has 1 amide bonds. The van der Waals surface area contributed by atoms with E-state index in [2.05, 4.69) is 30.6 Å². The van der Waals surface area contributed by atoms with E-state index in [4.69, 9.17) is 5.41 Å². The van der Waals surface area contributed by atoms with Crippen LogP contribution >= 0.6 is 0 Å². The molecule has 3 N–H and O–H groups in total. The monoisotopic (exact) mass is 512 g/mol. The van der Waals surface area contributed by atoms with Crippen molar-refractivity contribution in [3.05, 3.63) is 47.9 Å². The van der Waals surface area contributed by atoms with Crippen molar-refractivity contribution in [2.45, 2.75) is 38.4 Å². The average Bonchev–Trinajstić information content (AvgIpc) is 2.82. The normalized spacial score (nSPS) is 20.4. The minimum absolute atomic E-state index is 0.0578. The number of nitrogens with one attached hydrogen (secondary N) is 3. The Balaban J connectivity index is 1.87. The zero-order chi connectivity index (χ0) is 26.7. The second kappa shape index (κ2) is 10.5. The molecular weight excluding hydrogens is 487 g/mol. The van der Waals surface area contributed by atoms with Crippen molar-refractivity contribution in [1.82, 2.24) is 30.2 Å². The average molecular weight is 512 g/mol. The SMILES string of the molecule is CN/C(C)=C(\C(=N)C(=O)N1CC(F)(F)C[C@@H](C)C1CNc1ncc(C(F)(F)F)cn1)c1ncccn1. The molecule has 0 aliphatic carbocycles. The molecule has 2 aromatic heterocycles. The van der Waals surface area contributed by atoms with E-state index in [0.717, 1.165) is 4.90 Å². The maximum absolute atomic E-state index is 14.5. The molecule has 194 valence electrons. The maximum atomic E-state index is 14.5. The summed E-state index contributed by atoms with van der Waals surface area (Å²) in [6.07, 6.45) is -1.06. The van der Waals surface area contributed by atoms with Gasteiger partial charge >= 0.3 is 6.18 Å². The molecule has 14 heteroatoms. The van der Waals surface area contributed by atoms with E-state index >= 15 is 0 Å². The van der Waals surface area contributed by atoms with Crippen LogP contribution in [-0.2, 0) is 11.0 Å². The van der Waals surface area contributed by atoms with Gasteiger partial charge in [-0.25, -0.2) is 28.7 Å². The summed E-state index contributed by atoms with van der Waals surface area (Å²) in [7, 11) is 1.57. The number of amides is 1. The number of alkyl halides is 5. The van der Waals surface area contributed by atoms with Crippen molar-refractivity contribution in [2.75, 3.05) is 25.5 Å². The summed E-state index contributed by atoms with van der Waals surface area (Å²) < 4.78 is 67.3. The van der Waals surface area contributed by atoms with Crippen molar-refractivity contribution in [3.63, 3.8) is 0 Å². The zero-order valence-corrected chi connectivity index (χ0v) is 19.7. The number of hydrogen-bond acceptors (Lipinski definition) is 8. The lowest BCUT2D eigenvalue weighted by Gasteiger charge is -2.43. The zero-order valence-electron chi connectivity index (χ0n) is 19.7. The molecule has 3 heterocycles. The quantitative estimate of drug-likeness (QED) is 0.385. The van der Waals surface area contributed by atoms with Crippen LogP contribution in [0.1, 0.15) is 31.7 Å². The Hall–Kier alpha value is -3.71. The smallest absolute Gasteiger partial charge is 0.391 e. The van der Waals surface area contributed by atoms with Gasteiger partial charge in [0.15, 0.2) is 5.82 Å². The lowest BCUT2D eigenvalue weighted by Crippen LogP contribution is -2.59. The van der Waals surface area contributed by atoms with Gasteiger partial charge in [-0.3, -0.25) is 10.2 Å². The first-order valence-electron chi connectivity index (χ1n) is 10.9. The third-order valence-electron chi connectivity index (χ3n) is 5.79. The highest BCUT2D eigenvalue weighted by atomic mass is 19.4. The van der Waals surface area contributed by atoms with Gasteiger partial charge in [0.2, 0.25) is 5.95 Å². The Bertz CT molecular complexity index is 1120. The first kappa shape index (κ1) is 26.9. The molecule has 1 fully saturated rings. The van der Waals surface area contributed by atoms with Gasteiger partial charge in [-0.05, 0) is 18.9 Å². The van der Waals surface area contributed by atoms with Gasteiger partial charge in [-0.2, -0.15) is 13.2 Å². The first-order valence-corrected chi connectivity index (χ1v) is 10.9. The fraction of sp³-hybridized carbons (Fsp3) is 0.455. The number of likely N-dealkylation sites (tertiary alicyclic amines) is 1. The third-order valence-corrected chi connectivity index (χ3v) is 5.79. The fourth-order valence-electron chi connectivity index (χ4n) is 3.91. The number of piperidine rings is 1. The third kappa shape index (κ3) is 6.10. The summed E-state index contributed by atoms with van der Waals surface area (Å²) in [6.45, 7) is 2.09. The summed E-state index contributed by atoms with van der Waals surface area (Å²) in [5, 5.41) is 14.1. The van der Waals surface area contributed by atoms with Crippen LogP contribution in [0.3, 0.4) is 0 Å². The highest BCUT2D eigenvalue weighted by Gasteiger charge is 2.47. The van der Waals surface area contributed by atoms with Crippen LogP contribution in [-0.4, -0.2) is 68.6 Å². The molecule has 1 aliphatic heterocycles. The Morgan fingerprint density at radius 1 is 1.19 bits per heavy atom. The van der Waals surface area contributed by atoms with Crippen LogP contribution in [0.5, 0.6) is 0 Å². The minimum Gasteiger partial charge on any atom is -0.391 e. The predicted molar refractivity (Wildman–Crippen MR) is 121 cm³/mol. The largest absolute Gasteiger partial charge is 0.419 e. The number of carbonyl (C=O) groups is 1. The van der Waals surface area contributed by atoms with Gasteiger partial charge in [0.1, 0.15) is 5.71 Å². The van der Waals surface area contributed by atoms with E-state index in [9.17, 15) is 26.7 Å². The Kier molecular flexibility index (Phi) is 7.84. The van der Waals surface area contributed by atoms with Crippen molar-refractivity contribution >= 4 is 23.1 Å². The molecule has 2 aromatic rings. The van der Waals surface area contributed by atoms with Gasteiger partial charge in [-0.15, -0.1) is 0 Å². The maximum Gasteiger partial charge on any atom is 0.419 e. The van der Waals surface area contributed by atoms with Crippen LogP contribution in [0, 0.1) is 11.3 Å². The highest BCUT2D eigenvalue weighted by molar-refractivity contribution is 6.54. The summed E-state index contributed by atoms with van der Waals surface area (Å²) in [6, 6.07) is 0.732. The van der Waals surface area contributed by atoms with Crippen LogP contribution in [0.4, 0.5) is 27.9 Å².